The van der Waals surface area contributed by atoms with E-state index in [1.54, 1.807) is 17.0 Å². The molecular weight excluding hydrogens is 432 g/mol. The molecule has 1 aliphatic heterocycles. The minimum Gasteiger partial charge on any atom is -0.444 e. The van der Waals surface area contributed by atoms with Crippen LogP contribution in [0.25, 0.3) is 0 Å². The van der Waals surface area contributed by atoms with Gasteiger partial charge in [-0.15, -0.1) is 0 Å². The molecule has 2 rings (SSSR count). The van der Waals surface area contributed by atoms with Crippen molar-refractivity contribution in [2.24, 2.45) is 0 Å². The second kappa shape index (κ2) is 9.39. The number of alkyl halides is 1. The Morgan fingerprint density at radius 2 is 1.81 bits per heavy atom. The second-order valence-electron chi connectivity index (χ2n) is 7.80. The fraction of sp³-hybridized carbons (Fsp3) is 0.632. The number of aryl methyl sites for hydroxylation is 1. The first-order valence-corrected chi connectivity index (χ1v) is 11.9. The summed E-state index contributed by atoms with van der Waals surface area (Å²) < 4.78 is 33.3. The van der Waals surface area contributed by atoms with Crippen LogP contribution >= 0.6 is 15.9 Å². The molecule has 1 aliphatic rings. The number of ether oxygens (including phenoxy) is 1. The topological polar surface area (TPSA) is 75.7 Å². The third-order valence-corrected chi connectivity index (χ3v) is 6.40. The zero-order valence-electron chi connectivity index (χ0n) is 16.2. The number of hydrogen-bond donors (Lipinski definition) is 1. The summed E-state index contributed by atoms with van der Waals surface area (Å²) in [7, 11) is -3.56. The van der Waals surface area contributed by atoms with Gasteiger partial charge in [-0.05, 0) is 64.2 Å². The number of nitrogens with zero attached hydrogens (tertiary/aromatic N) is 1. The highest BCUT2D eigenvalue weighted by Crippen LogP contribution is 2.18. The number of hydrogen-bond acceptors (Lipinski definition) is 4. The average molecular weight is 461 g/mol. The SMILES string of the molecule is CC(C)(C)OC(=O)N1CCC(NS(=O)(=O)c2ccc(CCCBr)cc2)CC1. The quantitative estimate of drug-likeness (QED) is 0.656. The first-order valence-electron chi connectivity index (χ1n) is 9.26. The molecule has 0 spiro atoms. The number of sulfonamides is 1. The zero-order valence-corrected chi connectivity index (χ0v) is 18.6. The summed E-state index contributed by atoms with van der Waals surface area (Å²) in [4.78, 5) is 14.0. The smallest absolute Gasteiger partial charge is 0.410 e. The molecule has 0 atom stereocenters. The summed E-state index contributed by atoms with van der Waals surface area (Å²) in [5.74, 6) is 0. The molecule has 1 amide bonds. The van der Waals surface area contributed by atoms with Crippen LogP contribution in [0.5, 0.6) is 0 Å². The Hall–Kier alpha value is -1.12. The number of halogens is 1. The van der Waals surface area contributed by atoms with Crippen LogP contribution in [0.3, 0.4) is 0 Å². The van der Waals surface area contributed by atoms with Crippen molar-refractivity contribution in [1.82, 2.24) is 9.62 Å². The molecule has 1 aromatic rings. The van der Waals surface area contributed by atoms with Gasteiger partial charge in [0, 0.05) is 24.5 Å². The fourth-order valence-electron chi connectivity index (χ4n) is 2.90. The van der Waals surface area contributed by atoms with E-state index < -0.39 is 15.6 Å². The highest BCUT2D eigenvalue weighted by Gasteiger charge is 2.29. The molecule has 0 aliphatic carbocycles. The molecule has 1 fully saturated rings. The lowest BCUT2D eigenvalue weighted by molar-refractivity contribution is 0.0203. The zero-order chi connectivity index (χ0) is 20.1. The third-order valence-electron chi connectivity index (χ3n) is 4.30. The van der Waals surface area contributed by atoms with E-state index in [4.69, 9.17) is 4.74 Å². The number of amides is 1. The van der Waals surface area contributed by atoms with Crippen molar-refractivity contribution in [1.29, 1.82) is 0 Å². The molecule has 0 bridgehead atoms. The lowest BCUT2D eigenvalue weighted by atomic mass is 10.1. The molecule has 6 nitrogen and oxygen atoms in total. The number of nitrogens with one attached hydrogen (secondary N) is 1. The summed E-state index contributed by atoms with van der Waals surface area (Å²) in [5.41, 5.74) is 0.593. The molecule has 152 valence electrons. The van der Waals surface area contributed by atoms with Gasteiger partial charge < -0.3 is 9.64 Å². The molecular formula is C19H29BrN2O4S. The Balaban J connectivity index is 1.89. The van der Waals surface area contributed by atoms with Crippen LogP contribution in [-0.2, 0) is 21.2 Å². The summed E-state index contributed by atoms with van der Waals surface area (Å²) in [5, 5.41) is 0.927. The normalized spacial score (nSPS) is 16.4. The standard InChI is InChI=1S/C19H29BrN2O4S/c1-19(2,3)26-18(23)22-13-10-16(11-14-22)21-27(24,25)17-8-6-15(7-9-17)5-4-12-20/h6-9,16,21H,4-5,10-14H2,1-3H3. The van der Waals surface area contributed by atoms with Crippen LogP contribution in [0.1, 0.15) is 45.6 Å². The maximum absolute atomic E-state index is 12.6. The van der Waals surface area contributed by atoms with Gasteiger partial charge in [-0.1, -0.05) is 28.1 Å². The second-order valence-corrected chi connectivity index (χ2v) is 10.3. The third kappa shape index (κ3) is 7.08. The number of benzene rings is 1. The number of piperidine rings is 1. The van der Waals surface area contributed by atoms with E-state index in [0.717, 1.165) is 23.7 Å². The van der Waals surface area contributed by atoms with Crippen molar-refractivity contribution in [3.05, 3.63) is 29.8 Å². The Morgan fingerprint density at radius 1 is 1.22 bits per heavy atom. The van der Waals surface area contributed by atoms with E-state index in [9.17, 15) is 13.2 Å². The monoisotopic (exact) mass is 460 g/mol. The van der Waals surface area contributed by atoms with Gasteiger partial charge in [-0.2, -0.15) is 0 Å². The highest BCUT2D eigenvalue weighted by molar-refractivity contribution is 9.09. The maximum Gasteiger partial charge on any atom is 0.410 e. The molecule has 0 radical (unpaired) electrons. The summed E-state index contributed by atoms with van der Waals surface area (Å²) in [6.45, 7) is 6.45. The average Bonchev–Trinajstić information content (AvgIpc) is 2.59. The first-order chi connectivity index (χ1) is 12.6. The largest absolute Gasteiger partial charge is 0.444 e. The van der Waals surface area contributed by atoms with Crippen molar-refractivity contribution in [2.75, 3.05) is 18.4 Å². The van der Waals surface area contributed by atoms with E-state index in [1.807, 2.05) is 32.9 Å². The van der Waals surface area contributed by atoms with Crippen molar-refractivity contribution >= 4 is 32.0 Å². The van der Waals surface area contributed by atoms with Crippen LogP contribution in [0.4, 0.5) is 4.79 Å². The van der Waals surface area contributed by atoms with Gasteiger partial charge in [-0.25, -0.2) is 17.9 Å². The molecule has 0 aromatic heterocycles. The van der Waals surface area contributed by atoms with E-state index in [-0.39, 0.29) is 17.0 Å². The van der Waals surface area contributed by atoms with Crippen LogP contribution in [0, 0.1) is 0 Å². The maximum atomic E-state index is 12.6. The van der Waals surface area contributed by atoms with Gasteiger partial charge in [0.05, 0.1) is 4.90 Å². The first kappa shape index (κ1) is 22.2. The number of likely N-dealkylation sites (tertiary alicyclic amines) is 1. The Kier molecular flexibility index (Phi) is 7.71. The summed E-state index contributed by atoms with van der Waals surface area (Å²) in [6, 6.07) is 6.86. The van der Waals surface area contributed by atoms with Crippen molar-refractivity contribution < 1.29 is 17.9 Å². The molecule has 1 N–H and O–H groups in total. The van der Waals surface area contributed by atoms with Gasteiger partial charge in [0.15, 0.2) is 0 Å². The summed E-state index contributed by atoms with van der Waals surface area (Å²) >= 11 is 3.40. The molecule has 0 saturated carbocycles. The van der Waals surface area contributed by atoms with E-state index in [2.05, 4.69) is 20.7 Å². The number of carbonyl (C=O) groups excluding carboxylic acids is 1. The Labute approximate surface area is 170 Å². The molecule has 1 aromatic carbocycles. The lowest BCUT2D eigenvalue weighted by Crippen LogP contribution is -2.47. The van der Waals surface area contributed by atoms with Crippen molar-refractivity contribution in [3.63, 3.8) is 0 Å². The summed E-state index contributed by atoms with van der Waals surface area (Å²) in [6.07, 6.45) is 2.73. The van der Waals surface area contributed by atoms with Gasteiger partial charge in [0.2, 0.25) is 10.0 Å². The van der Waals surface area contributed by atoms with Crippen LogP contribution in [0.15, 0.2) is 29.2 Å². The highest BCUT2D eigenvalue weighted by atomic mass is 79.9. The van der Waals surface area contributed by atoms with Crippen LogP contribution in [-0.4, -0.2) is 49.5 Å². The van der Waals surface area contributed by atoms with Gasteiger partial charge in [0.1, 0.15) is 5.60 Å². The Morgan fingerprint density at radius 3 is 2.33 bits per heavy atom. The molecule has 27 heavy (non-hydrogen) atoms. The fourth-order valence-corrected chi connectivity index (χ4v) is 4.49. The predicted octanol–water partition coefficient (Wildman–Crippen LogP) is 3.69. The molecule has 1 saturated heterocycles. The van der Waals surface area contributed by atoms with Gasteiger partial charge in [0.25, 0.3) is 0 Å². The Bertz CT molecular complexity index is 721. The predicted molar refractivity (Wildman–Crippen MR) is 110 cm³/mol. The van der Waals surface area contributed by atoms with Crippen molar-refractivity contribution in [2.45, 2.75) is 63.0 Å². The molecule has 8 heteroatoms. The van der Waals surface area contributed by atoms with Crippen LogP contribution in [0.2, 0.25) is 0 Å². The number of rotatable bonds is 6. The van der Waals surface area contributed by atoms with Crippen molar-refractivity contribution in [3.8, 4) is 0 Å². The van der Waals surface area contributed by atoms with Gasteiger partial charge >= 0.3 is 6.09 Å². The number of carbonyl (C=O) groups is 1. The van der Waals surface area contributed by atoms with Crippen LogP contribution < -0.4 is 4.72 Å². The van der Waals surface area contributed by atoms with E-state index in [1.165, 1.54) is 0 Å². The lowest BCUT2D eigenvalue weighted by Gasteiger charge is -2.33. The van der Waals surface area contributed by atoms with Gasteiger partial charge in [-0.3, -0.25) is 0 Å². The minimum atomic E-state index is -3.56. The van der Waals surface area contributed by atoms with E-state index in [0.29, 0.717) is 25.9 Å². The molecule has 1 heterocycles. The van der Waals surface area contributed by atoms with E-state index >= 15 is 0 Å². The minimum absolute atomic E-state index is 0.179. The molecule has 0 unspecified atom stereocenters.